The van der Waals surface area contributed by atoms with Gasteiger partial charge in [0.05, 0.1) is 6.04 Å². The van der Waals surface area contributed by atoms with Crippen LogP contribution in [0.4, 0.5) is 10.5 Å². The highest BCUT2D eigenvalue weighted by molar-refractivity contribution is 5.95. The predicted octanol–water partition coefficient (Wildman–Crippen LogP) is 4.41. The molecule has 120 valence electrons. The number of amides is 2. The number of hydrogen-bond donors (Lipinski definition) is 2. The summed E-state index contributed by atoms with van der Waals surface area (Å²) in [6.45, 7) is 5.65. The topological polar surface area (TPSA) is 58.2 Å². The van der Waals surface area contributed by atoms with Gasteiger partial charge in [0.15, 0.2) is 5.78 Å². The Hall–Kier alpha value is -2.62. The van der Waals surface area contributed by atoms with Crippen LogP contribution in [-0.2, 0) is 0 Å². The second kappa shape index (κ2) is 7.58. The lowest BCUT2D eigenvalue weighted by Gasteiger charge is -2.23. The third-order valence-electron chi connectivity index (χ3n) is 3.66. The molecule has 0 fully saturated rings. The van der Waals surface area contributed by atoms with Crippen LogP contribution in [-0.4, -0.2) is 11.8 Å². The fourth-order valence-corrected chi connectivity index (χ4v) is 2.39. The van der Waals surface area contributed by atoms with Gasteiger partial charge in [0, 0.05) is 11.3 Å². The first-order chi connectivity index (χ1) is 11.0. The number of urea groups is 1. The number of ketones is 1. The van der Waals surface area contributed by atoms with Crippen molar-refractivity contribution in [2.24, 2.45) is 5.92 Å². The number of carbonyl (C=O) groups excluding carboxylic acids is 2. The molecule has 0 aliphatic carbocycles. The summed E-state index contributed by atoms with van der Waals surface area (Å²) in [5, 5.41) is 5.80. The van der Waals surface area contributed by atoms with Crippen LogP contribution in [0.3, 0.4) is 0 Å². The molecule has 0 bridgehead atoms. The summed E-state index contributed by atoms with van der Waals surface area (Å²) in [6.07, 6.45) is 0. The van der Waals surface area contributed by atoms with Crippen molar-refractivity contribution in [3.05, 3.63) is 65.7 Å². The van der Waals surface area contributed by atoms with E-state index in [4.69, 9.17) is 0 Å². The molecular formula is C19H22N2O2. The normalized spacial score (nSPS) is 11.8. The Morgan fingerprint density at radius 2 is 1.52 bits per heavy atom. The zero-order valence-electron chi connectivity index (χ0n) is 13.7. The largest absolute Gasteiger partial charge is 0.331 e. The molecule has 23 heavy (non-hydrogen) atoms. The van der Waals surface area contributed by atoms with Gasteiger partial charge < -0.3 is 10.6 Å². The number of Topliss-reactive ketones (excluding diaryl/α,β-unsaturated/α-hetero) is 1. The van der Waals surface area contributed by atoms with Crippen molar-refractivity contribution in [2.45, 2.75) is 26.8 Å². The van der Waals surface area contributed by atoms with Crippen LogP contribution in [0.1, 0.15) is 42.7 Å². The van der Waals surface area contributed by atoms with E-state index in [-0.39, 0.29) is 23.8 Å². The number of benzene rings is 2. The number of rotatable bonds is 5. The minimum Gasteiger partial charge on any atom is -0.331 e. The molecule has 2 N–H and O–H groups in total. The zero-order chi connectivity index (χ0) is 16.8. The van der Waals surface area contributed by atoms with Crippen LogP contribution in [0.15, 0.2) is 54.6 Å². The highest BCUT2D eigenvalue weighted by atomic mass is 16.2. The second-order valence-electron chi connectivity index (χ2n) is 5.86. The molecular weight excluding hydrogens is 288 g/mol. The van der Waals surface area contributed by atoms with Crippen molar-refractivity contribution < 1.29 is 9.59 Å². The molecule has 4 heteroatoms. The molecule has 1 atom stereocenters. The monoisotopic (exact) mass is 310 g/mol. The van der Waals surface area contributed by atoms with Gasteiger partial charge in [-0.1, -0.05) is 44.2 Å². The van der Waals surface area contributed by atoms with E-state index in [1.807, 2.05) is 30.3 Å². The van der Waals surface area contributed by atoms with Crippen LogP contribution in [0.25, 0.3) is 0 Å². The van der Waals surface area contributed by atoms with Crippen LogP contribution >= 0.6 is 0 Å². The first-order valence-electron chi connectivity index (χ1n) is 7.71. The molecule has 0 saturated carbocycles. The lowest BCUT2D eigenvalue weighted by Crippen LogP contribution is -2.35. The maximum Gasteiger partial charge on any atom is 0.319 e. The van der Waals surface area contributed by atoms with Crippen molar-refractivity contribution in [1.82, 2.24) is 5.32 Å². The maximum absolute atomic E-state index is 12.2. The molecule has 0 aliphatic heterocycles. The van der Waals surface area contributed by atoms with Crippen LogP contribution in [0, 0.1) is 5.92 Å². The smallest absolute Gasteiger partial charge is 0.319 e. The van der Waals surface area contributed by atoms with Crippen LogP contribution < -0.4 is 10.6 Å². The first kappa shape index (κ1) is 16.7. The van der Waals surface area contributed by atoms with E-state index in [9.17, 15) is 9.59 Å². The van der Waals surface area contributed by atoms with Crippen molar-refractivity contribution in [3.8, 4) is 0 Å². The summed E-state index contributed by atoms with van der Waals surface area (Å²) < 4.78 is 0. The van der Waals surface area contributed by atoms with E-state index >= 15 is 0 Å². The van der Waals surface area contributed by atoms with Gasteiger partial charge in [-0.15, -0.1) is 0 Å². The fraction of sp³-hybridized carbons (Fsp3) is 0.263. The fourth-order valence-electron chi connectivity index (χ4n) is 2.39. The third-order valence-corrected chi connectivity index (χ3v) is 3.66. The quantitative estimate of drug-likeness (QED) is 0.804. The van der Waals surface area contributed by atoms with Crippen molar-refractivity contribution in [1.29, 1.82) is 0 Å². The molecule has 0 aromatic heterocycles. The highest BCUT2D eigenvalue weighted by Gasteiger charge is 2.18. The summed E-state index contributed by atoms with van der Waals surface area (Å²) in [5.74, 6) is 0.271. The molecule has 0 spiro atoms. The van der Waals surface area contributed by atoms with E-state index in [0.717, 1.165) is 5.56 Å². The standard InChI is InChI=1S/C19H22N2O2/c1-13(2)18(16-7-5-4-6-8-16)21-19(23)20-17-11-9-15(10-12-17)14(3)22/h4-13,18H,1-3H3,(H2,20,21,23). The van der Waals surface area contributed by atoms with Gasteiger partial charge in [0.1, 0.15) is 0 Å². The molecule has 2 rings (SSSR count). The van der Waals surface area contributed by atoms with E-state index in [1.165, 1.54) is 6.92 Å². The Morgan fingerprint density at radius 3 is 2.04 bits per heavy atom. The average molecular weight is 310 g/mol. The molecule has 2 aromatic carbocycles. The summed E-state index contributed by atoms with van der Waals surface area (Å²) >= 11 is 0. The lowest BCUT2D eigenvalue weighted by molar-refractivity contribution is 0.101. The maximum atomic E-state index is 12.2. The zero-order valence-corrected chi connectivity index (χ0v) is 13.7. The van der Waals surface area contributed by atoms with E-state index in [0.29, 0.717) is 11.3 Å². The van der Waals surface area contributed by atoms with E-state index < -0.39 is 0 Å². The van der Waals surface area contributed by atoms with Crippen LogP contribution in [0.2, 0.25) is 0 Å². The van der Waals surface area contributed by atoms with E-state index in [2.05, 4.69) is 24.5 Å². The van der Waals surface area contributed by atoms with Crippen molar-refractivity contribution in [3.63, 3.8) is 0 Å². The molecule has 0 heterocycles. The summed E-state index contributed by atoms with van der Waals surface area (Å²) in [5.41, 5.74) is 2.35. The van der Waals surface area contributed by atoms with Crippen molar-refractivity contribution in [2.75, 3.05) is 5.32 Å². The second-order valence-corrected chi connectivity index (χ2v) is 5.86. The Balaban J connectivity index is 2.03. The van der Waals surface area contributed by atoms with Gasteiger partial charge in [-0.2, -0.15) is 0 Å². The predicted molar refractivity (Wildman–Crippen MR) is 92.6 cm³/mol. The average Bonchev–Trinajstić information content (AvgIpc) is 2.53. The number of hydrogen-bond acceptors (Lipinski definition) is 2. The minimum atomic E-state index is -0.261. The van der Waals surface area contributed by atoms with Crippen molar-refractivity contribution >= 4 is 17.5 Å². The third kappa shape index (κ3) is 4.68. The lowest BCUT2D eigenvalue weighted by atomic mass is 9.96. The molecule has 2 amide bonds. The van der Waals surface area contributed by atoms with E-state index in [1.54, 1.807) is 24.3 Å². The molecule has 0 saturated heterocycles. The molecule has 1 unspecified atom stereocenters. The summed E-state index contributed by atoms with van der Waals surface area (Å²) in [7, 11) is 0. The summed E-state index contributed by atoms with van der Waals surface area (Å²) in [6, 6.07) is 16.4. The van der Waals surface area contributed by atoms with Gasteiger partial charge in [-0.25, -0.2) is 4.79 Å². The molecule has 4 nitrogen and oxygen atoms in total. The highest BCUT2D eigenvalue weighted by Crippen LogP contribution is 2.21. The van der Waals surface area contributed by atoms with Gasteiger partial charge in [0.25, 0.3) is 0 Å². The van der Waals surface area contributed by atoms with Gasteiger partial charge in [-0.3, -0.25) is 4.79 Å². The van der Waals surface area contributed by atoms with Gasteiger partial charge in [-0.05, 0) is 42.7 Å². The number of nitrogens with one attached hydrogen (secondary N) is 2. The number of carbonyl (C=O) groups is 2. The van der Waals surface area contributed by atoms with Gasteiger partial charge >= 0.3 is 6.03 Å². The van der Waals surface area contributed by atoms with Gasteiger partial charge in [0.2, 0.25) is 0 Å². The molecule has 0 aliphatic rings. The molecule has 2 aromatic rings. The molecule has 0 radical (unpaired) electrons. The Kier molecular flexibility index (Phi) is 5.52. The minimum absolute atomic E-state index is 0.00458. The SMILES string of the molecule is CC(=O)c1ccc(NC(=O)NC(c2ccccc2)C(C)C)cc1. The Bertz CT molecular complexity index is 664. The number of anilines is 1. The Morgan fingerprint density at radius 1 is 0.913 bits per heavy atom. The summed E-state index contributed by atoms with van der Waals surface area (Å²) in [4.78, 5) is 23.5. The first-order valence-corrected chi connectivity index (χ1v) is 7.71. The Labute approximate surface area is 136 Å². The van der Waals surface area contributed by atoms with Crippen LogP contribution in [0.5, 0.6) is 0 Å².